The van der Waals surface area contributed by atoms with Gasteiger partial charge in [0.05, 0.1) is 6.42 Å². The Morgan fingerprint density at radius 2 is 1.93 bits per heavy atom. The smallest absolute Gasteiger partial charge is 0.329 e. The van der Waals surface area contributed by atoms with Crippen LogP contribution in [-0.2, 0) is 0 Å². The maximum absolute atomic E-state index is 11.9. The maximum Gasteiger partial charge on any atom is 0.390 e. The molecule has 2 N–H and O–H groups in total. The van der Waals surface area contributed by atoms with Gasteiger partial charge in [-0.05, 0) is 13.5 Å². The lowest BCUT2D eigenvalue weighted by atomic mass is 10.1. The molecule has 1 unspecified atom stereocenters. The van der Waals surface area contributed by atoms with E-state index < -0.39 is 12.6 Å². The molecule has 0 heterocycles. The van der Waals surface area contributed by atoms with Crippen LogP contribution in [0.25, 0.3) is 0 Å². The Hall–Kier alpha value is -0.290. The minimum atomic E-state index is -4.07. The van der Waals surface area contributed by atoms with Gasteiger partial charge in [0, 0.05) is 19.1 Å². The lowest BCUT2D eigenvalue weighted by Gasteiger charge is -2.26. The van der Waals surface area contributed by atoms with E-state index in [1.807, 2.05) is 6.92 Å². The van der Waals surface area contributed by atoms with E-state index in [4.69, 9.17) is 5.73 Å². The van der Waals surface area contributed by atoms with Crippen LogP contribution in [0.15, 0.2) is 0 Å². The second kappa shape index (κ2) is 6.24. The summed E-state index contributed by atoms with van der Waals surface area (Å²) in [4.78, 5) is 1.69. The van der Waals surface area contributed by atoms with Crippen molar-refractivity contribution in [3.8, 4) is 0 Å². The number of likely N-dealkylation sites (N-methyl/N-ethyl adjacent to an activating group) is 1. The van der Waals surface area contributed by atoms with E-state index in [1.54, 1.807) is 11.9 Å². The Morgan fingerprint density at radius 1 is 1.36 bits per heavy atom. The standard InChI is InChI=1S/C9H19F3N2/c1-3-4-8(7-13)14(2)6-5-9(10,11)12/h8H,3-7,13H2,1-2H3. The van der Waals surface area contributed by atoms with Crippen LogP contribution in [0.5, 0.6) is 0 Å². The third kappa shape index (κ3) is 6.21. The fourth-order valence-corrected chi connectivity index (χ4v) is 1.34. The van der Waals surface area contributed by atoms with E-state index in [9.17, 15) is 13.2 Å². The van der Waals surface area contributed by atoms with Crippen molar-refractivity contribution in [2.75, 3.05) is 20.1 Å². The van der Waals surface area contributed by atoms with E-state index in [0.29, 0.717) is 6.54 Å². The molecule has 14 heavy (non-hydrogen) atoms. The average Bonchev–Trinajstić information content (AvgIpc) is 2.09. The molecular weight excluding hydrogens is 193 g/mol. The quantitative estimate of drug-likeness (QED) is 0.729. The molecule has 2 nitrogen and oxygen atoms in total. The summed E-state index contributed by atoms with van der Waals surface area (Å²) in [6, 6.07) is 0.0716. The van der Waals surface area contributed by atoms with Crippen molar-refractivity contribution in [1.29, 1.82) is 0 Å². The zero-order valence-corrected chi connectivity index (χ0v) is 8.77. The van der Waals surface area contributed by atoms with Crippen molar-refractivity contribution in [3.05, 3.63) is 0 Å². The molecule has 0 rings (SSSR count). The van der Waals surface area contributed by atoms with Gasteiger partial charge in [0.15, 0.2) is 0 Å². The summed E-state index contributed by atoms with van der Waals surface area (Å²) in [6.45, 7) is 2.45. The Labute approximate surface area is 83.3 Å². The number of hydrogen-bond donors (Lipinski definition) is 1. The van der Waals surface area contributed by atoms with Gasteiger partial charge in [-0.15, -0.1) is 0 Å². The first kappa shape index (κ1) is 13.7. The third-order valence-corrected chi connectivity index (χ3v) is 2.27. The third-order valence-electron chi connectivity index (χ3n) is 2.27. The number of nitrogens with two attached hydrogens (primary N) is 1. The Kier molecular flexibility index (Phi) is 6.11. The molecule has 0 fully saturated rings. The fraction of sp³-hybridized carbons (Fsp3) is 1.00. The molecular formula is C9H19F3N2. The van der Waals surface area contributed by atoms with Gasteiger partial charge in [-0.3, -0.25) is 0 Å². The lowest BCUT2D eigenvalue weighted by molar-refractivity contribution is -0.138. The molecule has 0 spiro atoms. The van der Waals surface area contributed by atoms with E-state index in [1.165, 1.54) is 0 Å². The summed E-state index contributed by atoms with van der Waals surface area (Å²) < 4.78 is 35.7. The first-order chi connectivity index (χ1) is 6.40. The van der Waals surface area contributed by atoms with Gasteiger partial charge in [0.1, 0.15) is 0 Å². The molecule has 1 atom stereocenters. The van der Waals surface area contributed by atoms with Gasteiger partial charge in [0.2, 0.25) is 0 Å². The van der Waals surface area contributed by atoms with Crippen molar-refractivity contribution >= 4 is 0 Å². The number of nitrogens with zero attached hydrogens (tertiary/aromatic N) is 1. The molecule has 0 aromatic carbocycles. The summed E-state index contributed by atoms with van der Waals surface area (Å²) >= 11 is 0. The maximum atomic E-state index is 11.9. The predicted octanol–water partition coefficient (Wildman–Crippen LogP) is 2.00. The predicted molar refractivity (Wildman–Crippen MR) is 51.1 cm³/mol. The van der Waals surface area contributed by atoms with Crippen LogP contribution in [0.2, 0.25) is 0 Å². The fourth-order valence-electron chi connectivity index (χ4n) is 1.34. The Morgan fingerprint density at radius 3 is 2.29 bits per heavy atom. The lowest BCUT2D eigenvalue weighted by Crippen LogP contribution is -2.39. The molecule has 0 aliphatic rings. The molecule has 0 saturated heterocycles. The van der Waals surface area contributed by atoms with Gasteiger partial charge in [-0.25, -0.2) is 0 Å². The number of rotatable bonds is 6. The van der Waals surface area contributed by atoms with Crippen molar-refractivity contribution in [3.63, 3.8) is 0 Å². The molecule has 0 bridgehead atoms. The topological polar surface area (TPSA) is 29.3 Å². The monoisotopic (exact) mass is 212 g/mol. The highest BCUT2D eigenvalue weighted by atomic mass is 19.4. The minimum Gasteiger partial charge on any atom is -0.329 e. The largest absolute Gasteiger partial charge is 0.390 e. The number of hydrogen-bond acceptors (Lipinski definition) is 2. The molecule has 0 aromatic heterocycles. The Balaban J connectivity index is 3.85. The van der Waals surface area contributed by atoms with E-state index in [-0.39, 0.29) is 12.6 Å². The molecule has 0 saturated carbocycles. The second-order valence-electron chi connectivity index (χ2n) is 3.52. The Bertz CT molecular complexity index is 147. The van der Waals surface area contributed by atoms with Crippen molar-refractivity contribution in [2.45, 2.75) is 38.4 Å². The van der Waals surface area contributed by atoms with E-state index in [2.05, 4.69) is 0 Å². The SMILES string of the molecule is CCCC(CN)N(C)CCC(F)(F)F. The molecule has 0 aliphatic carbocycles. The minimum absolute atomic E-state index is 0.0331. The van der Waals surface area contributed by atoms with Gasteiger partial charge in [-0.2, -0.15) is 13.2 Å². The van der Waals surface area contributed by atoms with Crippen LogP contribution in [0.3, 0.4) is 0 Å². The zero-order chi connectivity index (χ0) is 11.2. The molecule has 86 valence electrons. The number of alkyl halides is 3. The average molecular weight is 212 g/mol. The summed E-state index contributed by atoms with van der Waals surface area (Å²) in [5.41, 5.74) is 5.48. The van der Waals surface area contributed by atoms with Crippen molar-refractivity contribution < 1.29 is 13.2 Å². The first-order valence-electron chi connectivity index (χ1n) is 4.87. The molecule has 5 heteroatoms. The van der Waals surface area contributed by atoms with Crippen LogP contribution >= 0.6 is 0 Å². The summed E-state index contributed by atoms with van der Waals surface area (Å²) in [7, 11) is 1.69. The highest BCUT2D eigenvalue weighted by Gasteiger charge is 2.28. The van der Waals surface area contributed by atoms with E-state index in [0.717, 1.165) is 12.8 Å². The van der Waals surface area contributed by atoms with Crippen LogP contribution in [0.4, 0.5) is 13.2 Å². The summed E-state index contributed by atoms with van der Waals surface area (Å²) in [5.74, 6) is 0. The van der Waals surface area contributed by atoms with Crippen LogP contribution < -0.4 is 5.73 Å². The summed E-state index contributed by atoms with van der Waals surface area (Å²) in [5, 5.41) is 0. The molecule has 0 aliphatic heterocycles. The molecule has 0 aromatic rings. The molecule has 0 radical (unpaired) electrons. The first-order valence-corrected chi connectivity index (χ1v) is 4.87. The zero-order valence-electron chi connectivity index (χ0n) is 8.77. The van der Waals surface area contributed by atoms with Gasteiger partial charge < -0.3 is 10.6 Å². The van der Waals surface area contributed by atoms with Crippen LogP contribution in [0.1, 0.15) is 26.2 Å². The normalized spacial score (nSPS) is 14.8. The van der Waals surface area contributed by atoms with Gasteiger partial charge in [-0.1, -0.05) is 13.3 Å². The van der Waals surface area contributed by atoms with Crippen LogP contribution in [0, 0.1) is 0 Å². The van der Waals surface area contributed by atoms with E-state index >= 15 is 0 Å². The summed E-state index contributed by atoms with van der Waals surface area (Å²) in [6.07, 6.45) is -3.04. The highest BCUT2D eigenvalue weighted by Crippen LogP contribution is 2.20. The van der Waals surface area contributed by atoms with Crippen LogP contribution in [-0.4, -0.2) is 37.3 Å². The van der Waals surface area contributed by atoms with Gasteiger partial charge >= 0.3 is 6.18 Å². The van der Waals surface area contributed by atoms with Crippen molar-refractivity contribution in [2.24, 2.45) is 5.73 Å². The highest BCUT2D eigenvalue weighted by molar-refractivity contribution is 4.70. The second-order valence-corrected chi connectivity index (χ2v) is 3.52. The van der Waals surface area contributed by atoms with Crippen molar-refractivity contribution in [1.82, 2.24) is 4.90 Å². The molecule has 0 amide bonds. The number of halogens is 3. The van der Waals surface area contributed by atoms with Gasteiger partial charge in [0.25, 0.3) is 0 Å².